The second-order valence-electron chi connectivity index (χ2n) is 5.30. The highest BCUT2D eigenvalue weighted by molar-refractivity contribution is 5.69. The van der Waals surface area contributed by atoms with Crippen molar-refractivity contribution in [3.63, 3.8) is 0 Å². The molecule has 1 saturated heterocycles. The van der Waals surface area contributed by atoms with Gasteiger partial charge in [-0.1, -0.05) is 0 Å². The average molecular weight is 243 g/mol. The average Bonchev–Trinajstić information content (AvgIpc) is 2.14. The quantitative estimate of drug-likeness (QED) is 0.660. The van der Waals surface area contributed by atoms with Gasteiger partial charge in [0.25, 0.3) is 0 Å². The highest BCUT2D eigenvalue weighted by Crippen LogP contribution is 2.17. The van der Waals surface area contributed by atoms with Crippen LogP contribution in [0.5, 0.6) is 0 Å². The van der Waals surface area contributed by atoms with E-state index in [1.165, 1.54) is 6.92 Å². The first kappa shape index (κ1) is 13.8. The molecule has 0 aliphatic carbocycles. The van der Waals surface area contributed by atoms with Crippen LogP contribution in [0.4, 0.5) is 4.79 Å². The van der Waals surface area contributed by atoms with Crippen molar-refractivity contribution in [2.75, 3.05) is 13.1 Å². The minimum atomic E-state index is -0.495. The summed E-state index contributed by atoms with van der Waals surface area (Å²) in [6, 6.07) is 0. The number of carbonyl (C=O) groups excluding carboxylic acids is 2. The van der Waals surface area contributed by atoms with Crippen LogP contribution in [0.2, 0.25) is 0 Å². The largest absolute Gasteiger partial charge is 0.461 e. The standard InChI is InChI=1S/C12H21NO4/c1-9(14)16-10-6-5-7-13(8-10)11(15)17-12(2,3)4/h10H,5-8H2,1-4H3/t10-/m1/s1. The van der Waals surface area contributed by atoms with Gasteiger partial charge in [0, 0.05) is 13.5 Å². The molecule has 98 valence electrons. The van der Waals surface area contributed by atoms with Gasteiger partial charge in [-0.05, 0) is 33.6 Å². The normalized spacial score (nSPS) is 20.9. The summed E-state index contributed by atoms with van der Waals surface area (Å²) in [5.41, 5.74) is -0.495. The summed E-state index contributed by atoms with van der Waals surface area (Å²) in [6.45, 7) is 7.96. The molecule has 1 amide bonds. The van der Waals surface area contributed by atoms with Crippen molar-refractivity contribution in [3.05, 3.63) is 0 Å². The van der Waals surface area contributed by atoms with E-state index in [1.54, 1.807) is 4.90 Å². The summed E-state index contributed by atoms with van der Waals surface area (Å²) in [4.78, 5) is 24.3. The van der Waals surface area contributed by atoms with Crippen molar-refractivity contribution >= 4 is 12.1 Å². The van der Waals surface area contributed by atoms with Gasteiger partial charge in [0.1, 0.15) is 11.7 Å². The smallest absolute Gasteiger partial charge is 0.410 e. The van der Waals surface area contributed by atoms with E-state index in [0.29, 0.717) is 13.1 Å². The molecule has 0 spiro atoms. The molecule has 5 nitrogen and oxygen atoms in total. The molecule has 0 bridgehead atoms. The Labute approximate surface area is 102 Å². The first-order valence-corrected chi connectivity index (χ1v) is 5.93. The number of piperidine rings is 1. The topological polar surface area (TPSA) is 55.8 Å². The minimum absolute atomic E-state index is 0.200. The van der Waals surface area contributed by atoms with Crippen LogP contribution < -0.4 is 0 Å². The van der Waals surface area contributed by atoms with Crippen LogP contribution in [0, 0.1) is 0 Å². The lowest BCUT2D eigenvalue weighted by molar-refractivity contribution is -0.148. The maximum Gasteiger partial charge on any atom is 0.410 e. The summed E-state index contributed by atoms with van der Waals surface area (Å²) >= 11 is 0. The van der Waals surface area contributed by atoms with E-state index < -0.39 is 5.60 Å². The maximum absolute atomic E-state index is 11.8. The van der Waals surface area contributed by atoms with Crippen LogP contribution in [0.3, 0.4) is 0 Å². The second-order valence-corrected chi connectivity index (χ2v) is 5.30. The third-order valence-electron chi connectivity index (χ3n) is 2.36. The van der Waals surface area contributed by atoms with Crippen molar-refractivity contribution in [3.8, 4) is 0 Å². The van der Waals surface area contributed by atoms with Crippen molar-refractivity contribution in [1.82, 2.24) is 4.90 Å². The fourth-order valence-corrected chi connectivity index (χ4v) is 1.76. The predicted octanol–water partition coefficient (Wildman–Crippen LogP) is 1.95. The molecule has 0 aromatic rings. The van der Waals surface area contributed by atoms with E-state index in [4.69, 9.17) is 9.47 Å². The lowest BCUT2D eigenvalue weighted by atomic mass is 10.1. The van der Waals surface area contributed by atoms with E-state index in [2.05, 4.69) is 0 Å². The van der Waals surface area contributed by atoms with Crippen molar-refractivity contribution in [1.29, 1.82) is 0 Å². The molecule has 0 aromatic heterocycles. The van der Waals surface area contributed by atoms with Crippen LogP contribution in [-0.2, 0) is 14.3 Å². The van der Waals surface area contributed by atoms with Crippen molar-refractivity contribution in [2.45, 2.75) is 52.2 Å². The van der Waals surface area contributed by atoms with Crippen LogP contribution in [0.25, 0.3) is 0 Å². The van der Waals surface area contributed by atoms with Gasteiger partial charge in [-0.2, -0.15) is 0 Å². The van der Waals surface area contributed by atoms with Gasteiger partial charge in [0.2, 0.25) is 0 Å². The molecule has 0 radical (unpaired) electrons. The number of rotatable bonds is 1. The van der Waals surface area contributed by atoms with Gasteiger partial charge in [-0.15, -0.1) is 0 Å². The zero-order valence-electron chi connectivity index (χ0n) is 11.0. The minimum Gasteiger partial charge on any atom is -0.461 e. The number of hydrogen-bond acceptors (Lipinski definition) is 4. The fraction of sp³-hybridized carbons (Fsp3) is 0.833. The molecule has 1 heterocycles. The van der Waals surface area contributed by atoms with Crippen LogP contribution in [-0.4, -0.2) is 41.8 Å². The van der Waals surface area contributed by atoms with Crippen LogP contribution >= 0.6 is 0 Å². The Kier molecular flexibility index (Phi) is 4.37. The number of nitrogens with zero attached hydrogens (tertiary/aromatic N) is 1. The summed E-state index contributed by atoms with van der Waals surface area (Å²) in [5.74, 6) is -0.305. The molecule has 1 rings (SSSR count). The highest BCUT2D eigenvalue weighted by atomic mass is 16.6. The Hall–Kier alpha value is -1.26. The Morgan fingerprint density at radius 2 is 1.94 bits per heavy atom. The number of hydrogen-bond donors (Lipinski definition) is 0. The maximum atomic E-state index is 11.8. The third kappa shape index (κ3) is 5.06. The van der Waals surface area contributed by atoms with Crippen molar-refractivity contribution in [2.24, 2.45) is 0 Å². The zero-order valence-corrected chi connectivity index (χ0v) is 11.0. The Morgan fingerprint density at radius 1 is 1.29 bits per heavy atom. The van der Waals surface area contributed by atoms with E-state index in [-0.39, 0.29) is 18.2 Å². The first-order chi connectivity index (χ1) is 7.78. The van der Waals surface area contributed by atoms with Gasteiger partial charge in [-0.25, -0.2) is 4.79 Å². The van der Waals surface area contributed by atoms with E-state index in [1.807, 2.05) is 20.8 Å². The number of amides is 1. The Morgan fingerprint density at radius 3 is 2.47 bits per heavy atom. The summed E-state index contributed by atoms with van der Waals surface area (Å²) in [7, 11) is 0. The predicted molar refractivity (Wildman–Crippen MR) is 62.6 cm³/mol. The summed E-state index contributed by atoms with van der Waals surface area (Å²) in [5, 5.41) is 0. The lowest BCUT2D eigenvalue weighted by Gasteiger charge is -2.33. The Balaban J connectivity index is 2.49. The number of ether oxygens (including phenoxy) is 2. The number of likely N-dealkylation sites (tertiary alicyclic amines) is 1. The van der Waals surface area contributed by atoms with Gasteiger partial charge in [0.15, 0.2) is 0 Å². The Bertz CT molecular complexity index is 295. The molecule has 17 heavy (non-hydrogen) atoms. The van der Waals surface area contributed by atoms with E-state index in [9.17, 15) is 9.59 Å². The lowest BCUT2D eigenvalue weighted by Crippen LogP contribution is -2.45. The summed E-state index contributed by atoms with van der Waals surface area (Å²) < 4.78 is 10.4. The van der Waals surface area contributed by atoms with Crippen molar-refractivity contribution < 1.29 is 19.1 Å². The van der Waals surface area contributed by atoms with Gasteiger partial charge in [0.05, 0.1) is 6.54 Å². The monoisotopic (exact) mass is 243 g/mol. The molecule has 1 aliphatic rings. The molecule has 0 saturated carbocycles. The highest BCUT2D eigenvalue weighted by Gasteiger charge is 2.28. The molecule has 1 fully saturated rings. The molecule has 1 aliphatic heterocycles. The number of esters is 1. The van der Waals surface area contributed by atoms with Gasteiger partial charge < -0.3 is 14.4 Å². The molecular formula is C12H21NO4. The molecule has 5 heteroatoms. The van der Waals surface area contributed by atoms with Gasteiger partial charge >= 0.3 is 12.1 Å². The van der Waals surface area contributed by atoms with E-state index >= 15 is 0 Å². The third-order valence-corrected chi connectivity index (χ3v) is 2.36. The molecule has 0 unspecified atom stereocenters. The molecule has 0 aromatic carbocycles. The van der Waals surface area contributed by atoms with Crippen LogP contribution in [0.15, 0.2) is 0 Å². The molecule has 1 atom stereocenters. The number of carbonyl (C=O) groups is 2. The fourth-order valence-electron chi connectivity index (χ4n) is 1.76. The van der Waals surface area contributed by atoms with E-state index in [0.717, 1.165) is 12.8 Å². The van der Waals surface area contributed by atoms with Gasteiger partial charge in [-0.3, -0.25) is 4.79 Å². The molecule has 0 N–H and O–H groups in total. The summed E-state index contributed by atoms with van der Waals surface area (Å²) in [6.07, 6.45) is 1.10. The zero-order chi connectivity index (χ0) is 13.1. The SMILES string of the molecule is CC(=O)O[C@@H]1CCCN(C(=O)OC(C)(C)C)C1. The van der Waals surface area contributed by atoms with Crippen LogP contribution in [0.1, 0.15) is 40.5 Å². The second kappa shape index (κ2) is 5.38. The first-order valence-electron chi connectivity index (χ1n) is 5.93. The molecular weight excluding hydrogens is 222 g/mol.